The first-order chi connectivity index (χ1) is 12.9. The lowest BCUT2D eigenvalue weighted by atomic mass is 9.75. The Kier molecular flexibility index (Phi) is 3.45. The van der Waals surface area contributed by atoms with Gasteiger partial charge in [0.2, 0.25) is 0 Å². The van der Waals surface area contributed by atoms with Gasteiger partial charge >= 0.3 is 5.97 Å². The average molecular weight is 489 g/mol. The lowest BCUT2D eigenvalue weighted by Crippen LogP contribution is -2.38. The van der Waals surface area contributed by atoms with Crippen molar-refractivity contribution in [3.63, 3.8) is 0 Å². The maximum absolute atomic E-state index is 12.7. The third-order valence-electron chi connectivity index (χ3n) is 4.83. The van der Waals surface area contributed by atoms with Crippen LogP contribution in [-0.2, 0) is 15.1 Å². The summed E-state index contributed by atoms with van der Waals surface area (Å²) in [4.78, 5) is 25.1. The Labute approximate surface area is 170 Å². The third kappa shape index (κ3) is 2.15. The minimum Gasteiger partial charge on any atom is -0.507 e. The van der Waals surface area contributed by atoms with E-state index in [1.807, 2.05) is 12.1 Å². The first-order valence-electron chi connectivity index (χ1n) is 7.96. The minimum absolute atomic E-state index is 0.0237. The van der Waals surface area contributed by atoms with Gasteiger partial charge in [-0.25, -0.2) is 4.79 Å². The van der Waals surface area contributed by atoms with Crippen molar-refractivity contribution in [3.8, 4) is 11.5 Å². The number of rotatable bonds is 0. The summed E-state index contributed by atoms with van der Waals surface area (Å²) in [5.41, 5.74) is 0.927. The monoisotopic (exact) mass is 487 g/mol. The van der Waals surface area contributed by atoms with Crippen LogP contribution in [0.3, 0.4) is 0 Å². The molecule has 1 atom stereocenters. The Morgan fingerprint density at radius 1 is 1.00 bits per heavy atom. The maximum atomic E-state index is 12.7. The Balaban J connectivity index is 1.90. The van der Waals surface area contributed by atoms with E-state index in [9.17, 15) is 14.7 Å². The molecular weight excluding hydrogens is 480 g/mol. The van der Waals surface area contributed by atoms with Gasteiger partial charge in [-0.1, -0.05) is 34.1 Å². The van der Waals surface area contributed by atoms with Crippen LogP contribution in [0.5, 0.6) is 11.5 Å². The van der Waals surface area contributed by atoms with Crippen molar-refractivity contribution in [2.24, 2.45) is 0 Å². The van der Waals surface area contributed by atoms with Crippen molar-refractivity contribution in [1.82, 2.24) is 0 Å². The molecule has 0 amide bonds. The van der Waals surface area contributed by atoms with Gasteiger partial charge in [0.05, 0.1) is 10.0 Å². The van der Waals surface area contributed by atoms with Crippen molar-refractivity contribution in [1.29, 1.82) is 0 Å². The van der Waals surface area contributed by atoms with Crippen molar-refractivity contribution in [2.45, 2.75) is 5.60 Å². The maximum Gasteiger partial charge on any atom is 0.340 e. The topological polar surface area (TPSA) is 72.8 Å². The average Bonchev–Trinajstić information content (AvgIpc) is 2.93. The van der Waals surface area contributed by atoms with Gasteiger partial charge < -0.3 is 14.6 Å². The van der Waals surface area contributed by atoms with Gasteiger partial charge in [-0.15, -0.1) is 0 Å². The Morgan fingerprint density at radius 2 is 1.78 bits per heavy atom. The highest BCUT2D eigenvalue weighted by molar-refractivity contribution is 9.11. The Hall–Kier alpha value is -2.38. The number of phenols is 1. The number of halogens is 2. The fraction of sp³-hybridized carbons (Fsp3) is 0.0500. The van der Waals surface area contributed by atoms with E-state index in [1.54, 1.807) is 24.3 Å². The van der Waals surface area contributed by atoms with E-state index in [4.69, 9.17) is 9.47 Å². The minimum atomic E-state index is -1.27. The Morgan fingerprint density at radius 3 is 2.59 bits per heavy atom. The zero-order valence-corrected chi connectivity index (χ0v) is 16.6. The van der Waals surface area contributed by atoms with Gasteiger partial charge in [0.1, 0.15) is 22.1 Å². The standard InChI is InChI=1S/C20H9Br2O5/c21-13-5-11-17(7-15(13)23)26-18-8-16(24)14(22)6-12(18)20(11)10-4-2-1-3-9(10)19(25)27-20/h1-8,23H. The highest BCUT2D eigenvalue weighted by Crippen LogP contribution is 2.57. The summed E-state index contributed by atoms with van der Waals surface area (Å²) in [6.07, 6.45) is 2.97. The summed E-state index contributed by atoms with van der Waals surface area (Å²) in [6, 6.07) is 10.2. The number of aromatic hydroxyl groups is 1. The molecule has 7 heteroatoms. The second-order valence-electron chi connectivity index (χ2n) is 6.30. The van der Waals surface area contributed by atoms with Crippen LogP contribution < -0.4 is 4.74 Å². The number of ether oxygens (including phenoxy) is 2. The number of esters is 1. The van der Waals surface area contributed by atoms with Gasteiger partial charge in [0, 0.05) is 28.8 Å². The molecule has 0 saturated carbocycles. The molecule has 1 radical (unpaired) electrons. The van der Waals surface area contributed by atoms with Crippen LogP contribution in [0.4, 0.5) is 0 Å². The molecule has 2 aromatic rings. The molecule has 27 heavy (non-hydrogen) atoms. The summed E-state index contributed by atoms with van der Waals surface area (Å²) in [7, 11) is 0. The molecular formula is C20H9Br2O5. The van der Waals surface area contributed by atoms with Crippen LogP contribution in [0.15, 0.2) is 64.4 Å². The van der Waals surface area contributed by atoms with Crippen molar-refractivity contribution in [3.05, 3.63) is 85.9 Å². The zero-order valence-electron chi connectivity index (χ0n) is 13.5. The number of hydrogen-bond donors (Lipinski definition) is 1. The lowest BCUT2D eigenvalue weighted by Gasteiger charge is -2.39. The SMILES string of the molecule is O=C1C=C2Oc3cc(O)c(Br)cc3C3(OC(=O)c4ccccc43)C2=C[C]1Br. The summed E-state index contributed by atoms with van der Waals surface area (Å²) in [5.74, 6) is -0.150. The van der Waals surface area contributed by atoms with E-state index in [-0.39, 0.29) is 17.3 Å². The number of ketones is 1. The number of phenolic OH excluding ortho intramolecular Hbond substituents is 1. The van der Waals surface area contributed by atoms with Gasteiger partial charge in [-0.3, -0.25) is 4.79 Å². The second kappa shape index (κ2) is 5.56. The van der Waals surface area contributed by atoms with Gasteiger partial charge in [0.25, 0.3) is 0 Å². The van der Waals surface area contributed by atoms with Crippen LogP contribution in [0, 0.1) is 4.83 Å². The van der Waals surface area contributed by atoms with E-state index in [2.05, 4.69) is 31.9 Å². The fourth-order valence-corrected chi connectivity index (χ4v) is 4.36. The molecule has 0 aromatic heterocycles. The first-order valence-corrected chi connectivity index (χ1v) is 9.55. The first kappa shape index (κ1) is 16.8. The van der Waals surface area contributed by atoms with Crippen molar-refractivity contribution < 1.29 is 24.2 Å². The van der Waals surface area contributed by atoms with E-state index in [1.165, 1.54) is 12.1 Å². The zero-order chi connectivity index (χ0) is 18.9. The van der Waals surface area contributed by atoms with Crippen LogP contribution in [0.2, 0.25) is 0 Å². The molecule has 1 spiro atoms. The van der Waals surface area contributed by atoms with Crippen molar-refractivity contribution in [2.75, 3.05) is 0 Å². The van der Waals surface area contributed by atoms with Gasteiger partial charge in [-0.05, 0) is 34.1 Å². The molecule has 1 N–H and O–H groups in total. The van der Waals surface area contributed by atoms with Gasteiger partial charge in [0.15, 0.2) is 11.4 Å². The molecule has 0 fully saturated rings. The predicted molar refractivity (Wildman–Crippen MR) is 102 cm³/mol. The normalized spacial score (nSPS) is 23.0. The molecule has 0 bridgehead atoms. The predicted octanol–water partition coefficient (Wildman–Crippen LogP) is 4.28. The second-order valence-corrected chi connectivity index (χ2v) is 8.01. The van der Waals surface area contributed by atoms with E-state index in [0.29, 0.717) is 37.3 Å². The summed E-state index contributed by atoms with van der Waals surface area (Å²) in [5, 5.41) is 10.1. The summed E-state index contributed by atoms with van der Waals surface area (Å²) in [6.45, 7) is 0. The Bertz CT molecular complexity index is 1120. The number of carbonyl (C=O) groups is 2. The number of hydrogen-bond acceptors (Lipinski definition) is 5. The number of fused-ring (bicyclic) bond motifs is 6. The largest absolute Gasteiger partial charge is 0.507 e. The van der Waals surface area contributed by atoms with Crippen LogP contribution in [-0.4, -0.2) is 16.9 Å². The van der Waals surface area contributed by atoms with Crippen molar-refractivity contribution >= 4 is 43.6 Å². The third-order valence-corrected chi connectivity index (χ3v) is 6.09. The van der Waals surface area contributed by atoms with Crippen LogP contribution in [0.25, 0.3) is 0 Å². The van der Waals surface area contributed by atoms with Gasteiger partial charge in [-0.2, -0.15) is 0 Å². The number of carbonyl (C=O) groups excluding carboxylic acids is 2. The van der Waals surface area contributed by atoms with Crippen LogP contribution >= 0.6 is 31.9 Å². The molecule has 1 unspecified atom stereocenters. The molecule has 0 saturated heterocycles. The molecule has 5 nitrogen and oxygen atoms in total. The molecule has 3 aliphatic rings. The smallest absolute Gasteiger partial charge is 0.340 e. The number of allylic oxidation sites excluding steroid dienone is 2. The molecule has 1 aliphatic carbocycles. The molecule has 2 aromatic carbocycles. The van der Waals surface area contributed by atoms with Crippen LogP contribution in [0.1, 0.15) is 21.5 Å². The highest BCUT2D eigenvalue weighted by Gasteiger charge is 2.56. The molecule has 2 heterocycles. The van der Waals surface area contributed by atoms with E-state index in [0.717, 1.165) is 0 Å². The molecule has 133 valence electrons. The summed E-state index contributed by atoms with van der Waals surface area (Å²) >= 11 is 6.59. The number of benzene rings is 2. The molecule has 5 rings (SSSR count). The molecule has 2 aliphatic heterocycles. The van der Waals surface area contributed by atoms with E-state index >= 15 is 0 Å². The van der Waals surface area contributed by atoms with E-state index < -0.39 is 11.6 Å². The fourth-order valence-electron chi connectivity index (χ4n) is 3.68. The summed E-state index contributed by atoms with van der Waals surface area (Å²) < 4.78 is 12.3. The highest BCUT2D eigenvalue weighted by atomic mass is 79.9. The lowest BCUT2D eigenvalue weighted by molar-refractivity contribution is -0.111. The quantitative estimate of drug-likeness (QED) is 0.560.